The summed E-state index contributed by atoms with van der Waals surface area (Å²) in [5.41, 5.74) is -1.55. The molecule has 1 amide bonds. The molecule has 3 aromatic rings. The molecule has 1 heterocycles. The highest BCUT2D eigenvalue weighted by atomic mass is 35.5. The van der Waals surface area contributed by atoms with Crippen molar-refractivity contribution in [1.82, 2.24) is 5.32 Å². The number of hydrogen-bond donors (Lipinski definition) is 2. The number of benzene rings is 3. The molecule has 4 atom stereocenters. The zero-order valence-corrected chi connectivity index (χ0v) is 23.2. The van der Waals surface area contributed by atoms with Gasteiger partial charge in [-0.05, 0) is 53.8 Å². The van der Waals surface area contributed by atoms with E-state index in [0.717, 1.165) is 6.07 Å². The van der Waals surface area contributed by atoms with Gasteiger partial charge in [0.2, 0.25) is 5.91 Å². The Morgan fingerprint density at radius 2 is 1.74 bits per heavy atom. The molecule has 38 heavy (non-hydrogen) atoms. The van der Waals surface area contributed by atoms with Gasteiger partial charge in [0.05, 0.1) is 17.1 Å². The standard InChI is InChI=1S/C29H26Cl3F2N3O/c1-28(2,3)14-23-29(15-35,20-11-10-17(31)13-22(20)33)24(19-8-5-9-21(32)25(19)34)26(37-23)27(38)36-18-7-4-6-16(30)12-18/h4-13,23-24,26,37H,14H2,1-3H3,(H,36,38)/t23-,24-,26+,29-/m0/s1. The highest BCUT2D eigenvalue weighted by Gasteiger charge is 2.61. The van der Waals surface area contributed by atoms with Crippen LogP contribution in [0.1, 0.15) is 44.2 Å². The van der Waals surface area contributed by atoms with E-state index in [0.29, 0.717) is 17.1 Å². The van der Waals surface area contributed by atoms with E-state index in [1.165, 1.54) is 24.3 Å². The van der Waals surface area contributed by atoms with Gasteiger partial charge in [-0.3, -0.25) is 4.79 Å². The summed E-state index contributed by atoms with van der Waals surface area (Å²) in [5, 5.41) is 17.4. The smallest absolute Gasteiger partial charge is 0.242 e. The molecule has 4 nitrogen and oxygen atoms in total. The van der Waals surface area contributed by atoms with E-state index in [2.05, 4.69) is 16.7 Å². The van der Waals surface area contributed by atoms with E-state index >= 15 is 8.78 Å². The molecular formula is C29H26Cl3F2N3O. The molecular weight excluding hydrogens is 551 g/mol. The third-order valence-corrected chi connectivity index (χ3v) is 7.59. The minimum Gasteiger partial charge on any atom is -0.325 e. The second-order valence-electron chi connectivity index (χ2n) is 10.7. The van der Waals surface area contributed by atoms with Gasteiger partial charge in [0.15, 0.2) is 0 Å². The van der Waals surface area contributed by atoms with Gasteiger partial charge < -0.3 is 10.6 Å². The fourth-order valence-corrected chi connectivity index (χ4v) is 5.87. The summed E-state index contributed by atoms with van der Waals surface area (Å²) in [7, 11) is 0. The summed E-state index contributed by atoms with van der Waals surface area (Å²) < 4.78 is 31.3. The van der Waals surface area contributed by atoms with Crippen LogP contribution < -0.4 is 10.6 Å². The second kappa shape index (κ2) is 10.8. The van der Waals surface area contributed by atoms with Gasteiger partial charge >= 0.3 is 0 Å². The fourth-order valence-electron chi connectivity index (χ4n) is 5.34. The van der Waals surface area contributed by atoms with E-state index in [-0.39, 0.29) is 26.6 Å². The molecule has 0 unspecified atom stereocenters. The van der Waals surface area contributed by atoms with E-state index < -0.39 is 41.0 Å². The van der Waals surface area contributed by atoms with E-state index in [1.807, 2.05) is 20.8 Å². The van der Waals surface area contributed by atoms with E-state index in [9.17, 15) is 10.1 Å². The van der Waals surface area contributed by atoms with Crippen molar-refractivity contribution in [2.45, 2.75) is 50.6 Å². The minimum absolute atomic E-state index is 0.0218. The number of carbonyl (C=O) groups is 1. The van der Waals surface area contributed by atoms with Crippen molar-refractivity contribution in [3.05, 3.63) is 98.5 Å². The van der Waals surface area contributed by atoms with Crippen molar-refractivity contribution in [3.8, 4) is 6.07 Å². The molecule has 0 radical (unpaired) electrons. The molecule has 198 valence electrons. The number of halogens is 5. The summed E-state index contributed by atoms with van der Waals surface area (Å²) in [4.78, 5) is 13.8. The maximum absolute atomic E-state index is 15.7. The first-order chi connectivity index (χ1) is 17.9. The maximum atomic E-state index is 15.7. The van der Waals surface area contributed by atoms with Crippen molar-refractivity contribution in [1.29, 1.82) is 5.26 Å². The van der Waals surface area contributed by atoms with Crippen molar-refractivity contribution in [2.24, 2.45) is 5.41 Å². The minimum atomic E-state index is -1.69. The Hall–Kier alpha value is -2.69. The highest BCUT2D eigenvalue weighted by molar-refractivity contribution is 6.31. The van der Waals surface area contributed by atoms with Gasteiger partial charge in [0, 0.05) is 33.3 Å². The number of nitriles is 1. The lowest BCUT2D eigenvalue weighted by atomic mass is 9.62. The van der Waals surface area contributed by atoms with Crippen molar-refractivity contribution < 1.29 is 13.6 Å². The third-order valence-electron chi connectivity index (χ3n) is 6.82. The average molecular weight is 577 g/mol. The first-order valence-corrected chi connectivity index (χ1v) is 13.1. The Morgan fingerprint density at radius 1 is 1.05 bits per heavy atom. The quantitative estimate of drug-likeness (QED) is 0.325. The number of nitrogens with zero attached hydrogens (tertiary/aromatic N) is 1. The van der Waals surface area contributed by atoms with Crippen LogP contribution in [0.4, 0.5) is 14.5 Å². The number of nitrogens with one attached hydrogen (secondary N) is 2. The van der Waals surface area contributed by atoms with Crippen molar-refractivity contribution in [3.63, 3.8) is 0 Å². The van der Waals surface area contributed by atoms with Crippen LogP contribution in [-0.4, -0.2) is 18.0 Å². The van der Waals surface area contributed by atoms with Gasteiger partial charge in [-0.25, -0.2) is 8.78 Å². The first kappa shape index (κ1) is 28.3. The number of anilines is 1. The molecule has 0 spiro atoms. The molecule has 3 aromatic carbocycles. The summed E-state index contributed by atoms with van der Waals surface area (Å²) in [5.74, 6) is -3.16. The Bertz CT molecular complexity index is 1420. The lowest BCUT2D eigenvalue weighted by Crippen LogP contribution is -2.45. The van der Waals surface area contributed by atoms with Crippen LogP contribution in [-0.2, 0) is 10.2 Å². The van der Waals surface area contributed by atoms with E-state index in [4.69, 9.17) is 34.8 Å². The Balaban J connectivity index is 1.97. The molecule has 0 aromatic heterocycles. The number of carbonyl (C=O) groups excluding carboxylic acids is 1. The highest BCUT2D eigenvalue weighted by Crippen LogP contribution is 2.52. The number of amides is 1. The van der Waals surface area contributed by atoms with Crippen LogP contribution >= 0.6 is 34.8 Å². The lowest BCUT2D eigenvalue weighted by Gasteiger charge is -2.37. The average Bonchev–Trinajstić information content (AvgIpc) is 3.14. The summed E-state index contributed by atoms with van der Waals surface area (Å²) in [6, 6.07) is 15.5. The molecule has 1 aliphatic heterocycles. The first-order valence-electron chi connectivity index (χ1n) is 12.0. The third kappa shape index (κ3) is 5.39. The number of hydrogen-bond acceptors (Lipinski definition) is 3. The summed E-state index contributed by atoms with van der Waals surface area (Å²) >= 11 is 18.3. The van der Waals surface area contributed by atoms with Gasteiger partial charge in [0.1, 0.15) is 17.0 Å². The van der Waals surface area contributed by atoms with E-state index in [1.54, 1.807) is 30.3 Å². The SMILES string of the molecule is CC(C)(C)C[C@@H]1N[C@@H](C(=O)Nc2cccc(Cl)c2)[C@H](c2cccc(Cl)c2F)[C@@]1(C#N)c1ccc(Cl)cc1F. The van der Waals surface area contributed by atoms with Crippen LogP contribution in [0.2, 0.25) is 15.1 Å². The molecule has 0 bridgehead atoms. The Morgan fingerprint density at radius 3 is 2.37 bits per heavy atom. The molecule has 4 rings (SSSR count). The molecule has 1 fully saturated rings. The van der Waals surface area contributed by atoms with Gasteiger partial charge in [-0.1, -0.05) is 79.8 Å². The Labute approximate surface area is 235 Å². The normalized spacial score (nSPS) is 23.2. The zero-order valence-electron chi connectivity index (χ0n) is 21.0. The van der Waals surface area contributed by atoms with Gasteiger partial charge in [-0.15, -0.1) is 0 Å². The van der Waals surface area contributed by atoms with Crippen LogP contribution in [0.5, 0.6) is 0 Å². The summed E-state index contributed by atoms with van der Waals surface area (Å²) in [6.45, 7) is 5.93. The second-order valence-corrected chi connectivity index (χ2v) is 12.0. The van der Waals surface area contributed by atoms with Crippen LogP contribution in [0.25, 0.3) is 0 Å². The molecule has 9 heteroatoms. The monoisotopic (exact) mass is 575 g/mol. The van der Waals surface area contributed by atoms with Gasteiger partial charge in [0.25, 0.3) is 0 Å². The summed E-state index contributed by atoms with van der Waals surface area (Å²) in [6.07, 6.45) is 0.377. The van der Waals surface area contributed by atoms with Gasteiger partial charge in [-0.2, -0.15) is 5.26 Å². The zero-order chi connectivity index (χ0) is 27.8. The lowest BCUT2D eigenvalue weighted by molar-refractivity contribution is -0.118. The van der Waals surface area contributed by atoms with Crippen molar-refractivity contribution >= 4 is 46.4 Å². The predicted octanol–water partition coefficient (Wildman–Crippen LogP) is 7.89. The molecule has 1 saturated heterocycles. The van der Waals surface area contributed by atoms with Crippen LogP contribution in [0.15, 0.2) is 60.7 Å². The molecule has 0 aliphatic carbocycles. The number of rotatable bonds is 5. The van der Waals surface area contributed by atoms with Crippen molar-refractivity contribution in [2.75, 3.05) is 5.32 Å². The predicted molar refractivity (Wildman–Crippen MR) is 148 cm³/mol. The molecule has 2 N–H and O–H groups in total. The fraction of sp³-hybridized carbons (Fsp3) is 0.310. The largest absolute Gasteiger partial charge is 0.325 e. The maximum Gasteiger partial charge on any atom is 0.242 e. The van der Waals surface area contributed by atoms with Crippen LogP contribution in [0.3, 0.4) is 0 Å². The topological polar surface area (TPSA) is 64.9 Å². The van der Waals surface area contributed by atoms with Crippen LogP contribution in [0, 0.1) is 28.4 Å². The molecule has 1 aliphatic rings. The Kier molecular flexibility index (Phi) is 8.07. The molecule has 0 saturated carbocycles.